The Bertz CT molecular complexity index is 899. The van der Waals surface area contributed by atoms with E-state index in [1.807, 2.05) is 0 Å². The fourth-order valence-corrected chi connectivity index (χ4v) is 2.90. The highest BCUT2D eigenvalue weighted by Gasteiger charge is 2.38. The first-order chi connectivity index (χ1) is 13.1. The first-order valence-corrected chi connectivity index (χ1v) is 8.20. The van der Waals surface area contributed by atoms with Gasteiger partial charge < -0.3 is 5.32 Å². The number of hydrogen-bond donors (Lipinski definition) is 1. The van der Waals surface area contributed by atoms with Crippen molar-refractivity contribution in [3.05, 3.63) is 58.1 Å². The number of carbonyl (C=O) groups is 1. The molecule has 28 heavy (non-hydrogen) atoms. The molecule has 2 aromatic carbocycles. The van der Waals surface area contributed by atoms with Gasteiger partial charge in [-0.3, -0.25) is 14.7 Å². The van der Waals surface area contributed by atoms with Crippen LogP contribution in [0.15, 0.2) is 41.4 Å². The van der Waals surface area contributed by atoms with Crippen LogP contribution in [0.3, 0.4) is 0 Å². The molecule has 0 spiro atoms. The average molecular weight is 420 g/mol. The van der Waals surface area contributed by atoms with Crippen LogP contribution in [0.5, 0.6) is 0 Å². The molecule has 4 nitrogen and oxygen atoms in total. The minimum Gasteiger partial charge on any atom is -0.373 e. The van der Waals surface area contributed by atoms with Gasteiger partial charge in [-0.25, -0.2) is 8.78 Å². The number of anilines is 2. The fourth-order valence-electron chi connectivity index (χ4n) is 2.68. The number of hydrogen-bond acceptors (Lipinski definition) is 2. The summed E-state index contributed by atoms with van der Waals surface area (Å²) in [4.78, 5) is 16.5. The summed E-state index contributed by atoms with van der Waals surface area (Å²) in [5.41, 5.74) is -3.08. The number of amidine groups is 1. The van der Waals surface area contributed by atoms with Gasteiger partial charge in [0.25, 0.3) is 6.43 Å². The molecular formula is C18H15ClF5N3O. The molecule has 0 aliphatic carbocycles. The van der Waals surface area contributed by atoms with Gasteiger partial charge in [0.15, 0.2) is 0 Å². The Morgan fingerprint density at radius 2 is 1.86 bits per heavy atom. The van der Waals surface area contributed by atoms with Gasteiger partial charge in [-0.2, -0.15) is 13.2 Å². The third-order valence-electron chi connectivity index (χ3n) is 3.90. The van der Waals surface area contributed by atoms with E-state index >= 15 is 0 Å². The van der Waals surface area contributed by atoms with E-state index in [0.717, 1.165) is 4.90 Å². The minimum absolute atomic E-state index is 0.0181. The molecule has 0 unspecified atom stereocenters. The average Bonchev–Trinajstić information content (AvgIpc) is 2.64. The van der Waals surface area contributed by atoms with E-state index in [4.69, 9.17) is 11.6 Å². The Morgan fingerprint density at radius 3 is 2.32 bits per heavy atom. The van der Waals surface area contributed by atoms with Crippen LogP contribution in [0, 0.1) is 0 Å². The van der Waals surface area contributed by atoms with Crippen LogP contribution >= 0.6 is 11.6 Å². The monoisotopic (exact) mass is 419 g/mol. The van der Waals surface area contributed by atoms with Crippen molar-refractivity contribution in [2.75, 3.05) is 19.0 Å². The van der Waals surface area contributed by atoms with Crippen LogP contribution < -0.4 is 10.2 Å². The third-order valence-corrected chi connectivity index (χ3v) is 4.22. The van der Waals surface area contributed by atoms with Gasteiger partial charge in [-0.15, -0.1) is 0 Å². The first kappa shape index (κ1) is 21.6. The molecule has 10 heteroatoms. The number of nitrogens with zero attached hydrogens (tertiary/aromatic N) is 2. The van der Waals surface area contributed by atoms with Crippen molar-refractivity contribution in [3.8, 4) is 0 Å². The summed E-state index contributed by atoms with van der Waals surface area (Å²) in [5.74, 6) is 0.0181. The maximum Gasteiger partial charge on any atom is 0.416 e. The topological polar surface area (TPSA) is 44.7 Å². The summed E-state index contributed by atoms with van der Waals surface area (Å²) in [5, 5.41) is 2.72. The molecule has 150 valence electrons. The van der Waals surface area contributed by atoms with Crippen molar-refractivity contribution in [3.63, 3.8) is 0 Å². The molecule has 1 amide bonds. The number of para-hydroxylation sites is 1. The van der Waals surface area contributed by atoms with Gasteiger partial charge >= 0.3 is 6.18 Å². The van der Waals surface area contributed by atoms with Crippen molar-refractivity contribution in [2.45, 2.75) is 12.6 Å². The Hall–Kier alpha value is -2.68. The minimum atomic E-state index is -5.06. The van der Waals surface area contributed by atoms with Gasteiger partial charge in [0.1, 0.15) is 5.84 Å². The maximum absolute atomic E-state index is 13.4. The lowest BCUT2D eigenvalue weighted by Gasteiger charge is -2.25. The highest BCUT2D eigenvalue weighted by molar-refractivity contribution is 6.34. The molecule has 1 N–H and O–H groups in total. The second kappa shape index (κ2) is 8.55. The predicted octanol–water partition coefficient (Wildman–Crippen LogP) is 5.19. The second-order valence-corrected chi connectivity index (χ2v) is 5.91. The summed E-state index contributed by atoms with van der Waals surface area (Å²) < 4.78 is 67.0. The first-order valence-electron chi connectivity index (χ1n) is 7.83. The number of aliphatic imine (C=N–C) groups is 1. The van der Waals surface area contributed by atoms with Crippen molar-refractivity contribution in [1.29, 1.82) is 0 Å². The highest BCUT2D eigenvalue weighted by atomic mass is 35.5. The number of rotatable bonds is 5. The summed E-state index contributed by atoms with van der Waals surface area (Å²) in [6.45, 7) is 0. The molecule has 0 heterocycles. The number of alkyl halides is 5. The Balaban J connectivity index is 2.90. The zero-order valence-corrected chi connectivity index (χ0v) is 15.4. The quantitative estimate of drug-likeness (QED) is 0.314. The normalized spacial score (nSPS) is 12.2. The molecule has 0 radical (unpaired) electrons. The Kier molecular flexibility index (Phi) is 6.60. The summed E-state index contributed by atoms with van der Waals surface area (Å²) >= 11 is 6.07. The SMILES string of the molecule is CN=C(NC)c1cc(C(F)F)c(C(F)(F)F)cc1N(C=O)c1ccccc1Cl. The van der Waals surface area contributed by atoms with Crippen molar-refractivity contribution < 1.29 is 26.7 Å². The summed E-state index contributed by atoms with van der Waals surface area (Å²) in [7, 11) is 2.75. The van der Waals surface area contributed by atoms with E-state index in [1.165, 1.54) is 32.3 Å². The van der Waals surface area contributed by atoms with Crippen LogP contribution in [0.1, 0.15) is 23.1 Å². The molecule has 0 aliphatic heterocycles. The summed E-state index contributed by atoms with van der Waals surface area (Å²) in [6.07, 6.45) is -8.19. The van der Waals surface area contributed by atoms with Crippen LogP contribution in [-0.4, -0.2) is 26.3 Å². The van der Waals surface area contributed by atoms with Gasteiger partial charge in [0.05, 0.1) is 22.0 Å². The molecule has 2 rings (SSSR count). The van der Waals surface area contributed by atoms with Gasteiger partial charge in [0.2, 0.25) is 6.41 Å². The van der Waals surface area contributed by atoms with E-state index < -0.39 is 23.7 Å². The molecule has 0 aromatic heterocycles. The number of halogens is 6. The van der Waals surface area contributed by atoms with Crippen LogP contribution in [0.4, 0.5) is 33.3 Å². The predicted molar refractivity (Wildman–Crippen MR) is 97.6 cm³/mol. The molecule has 0 atom stereocenters. The van der Waals surface area contributed by atoms with Crippen molar-refractivity contribution in [1.82, 2.24) is 5.32 Å². The van der Waals surface area contributed by atoms with Gasteiger partial charge in [0, 0.05) is 25.2 Å². The number of nitrogens with one attached hydrogen (secondary N) is 1. The molecule has 0 fully saturated rings. The van der Waals surface area contributed by atoms with E-state index in [0.29, 0.717) is 12.1 Å². The van der Waals surface area contributed by atoms with Gasteiger partial charge in [-0.05, 0) is 24.3 Å². The smallest absolute Gasteiger partial charge is 0.373 e. The summed E-state index contributed by atoms with van der Waals surface area (Å²) in [6, 6.07) is 7.13. The Labute approximate surface area is 162 Å². The number of carbonyl (C=O) groups excluding carboxylic acids is 1. The third kappa shape index (κ3) is 4.24. The zero-order valence-electron chi connectivity index (χ0n) is 14.7. The molecular weight excluding hydrogens is 405 g/mol. The lowest BCUT2D eigenvalue weighted by atomic mass is 9.99. The zero-order chi connectivity index (χ0) is 21.1. The molecule has 0 saturated carbocycles. The number of benzene rings is 2. The van der Waals surface area contributed by atoms with E-state index in [1.54, 1.807) is 6.07 Å². The largest absolute Gasteiger partial charge is 0.416 e. The second-order valence-electron chi connectivity index (χ2n) is 5.50. The van der Waals surface area contributed by atoms with Crippen LogP contribution in [0.25, 0.3) is 0 Å². The molecule has 0 bridgehead atoms. The lowest BCUT2D eigenvalue weighted by molar-refractivity contribution is -0.139. The van der Waals surface area contributed by atoms with Gasteiger partial charge in [-0.1, -0.05) is 23.7 Å². The van der Waals surface area contributed by atoms with E-state index in [2.05, 4.69) is 10.3 Å². The Morgan fingerprint density at radius 1 is 1.21 bits per heavy atom. The fraction of sp³-hybridized carbons (Fsp3) is 0.222. The van der Waals surface area contributed by atoms with Crippen LogP contribution in [-0.2, 0) is 11.0 Å². The van der Waals surface area contributed by atoms with Crippen molar-refractivity contribution >= 4 is 35.2 Å². The lowest BCUT2D eigenvalue weighted by Crippen LogP contribution is -2.26. The molecule has 0 aliphatic rings. The maximum atomic E-state index is 13.4. The number of amides is 1. The standard InChI is InChI=1S/C18H15ClF5N3O/c1-25-17(26-2)11-7-10(16(20)21)12(18(22,23)24)8-15(11)27(9-28)14-6-4-3-5-13(14)19/h3-9,16H,1-2H3,(H,25,26). The molecule has 2 aromatic rings. The van der Waals surface area contributed by atoms with E-state index in [-0.39, 0.29) is 34.2 Å². The highest BCUT2D eigenvalue weighted by Crippen LogP contribution is 2.42. The molecule has 0 saturated heterocycles. The van der Waals surface area contributed by atoms with Crippen molar-refractivity contribution in [2.24, 2.45) is 4.99 Å². The van der Waals surface area contributed by atoms with E-state index in [9.17, 15) is 26.7 Å². The van der Waals surface area contributed by atoms with Crippen LogP contribution in [0.2, 0.25) is 5.02 Å².